The summed E-state index contributed by atoms with van der Waals surface area (Å²) in [5.41, 5.74) is 1.12. The number of nitrogens with zero attached hydrogens (tertiary/aromatic N) is 2. The Labute approximate surface area is 143 Å². The highest BCUT2D eigenvalue weighted by molar-refractivity contribution is 5.78. The molecule has 1 fully saturated rings. The Morgan fingerprint density at radius 3 is 2.50 bits per heavy atom. The molecule has 2 amide bonds. The van der Waals surface area contributed by atoms with Crippen LogP contribution in [0.25, 0.3) is 0 Å². The van der Waals surface area contributed by atoms with E-state index in [1.165, 1.54) is 0 Å². The molecule has 0 saturated carbocycles. The van der Waals surface area contributed by atoms with Crippen molar-refractivity contribution in [1.29, 1.82) is 0 Å². The molecule has 0 spiro atoms. The highest BCUT2D eigenvalue weighted by Crippen LogP contribution is 2.10. The molecule has 1 heterocycles. The highest BCUT2D eigenvalue weighted by Gasteiger charge is 2.22. The van der Waals surface area contributed by atoms with E-state index in [4.69, 9.17) is 0 Å². The van der Waals surface area contributed by atoms with E-state index < -0.39 is 0 Å². The Hall–Kier alpha value is -1.92. The Morgan fingerprint density at radius 1 is 1.25 bits per heavy atom. The first kappa shape index (κ1) is 18.4. The van der Waals surface area contributed by atoms with Gasteiger partial charge >= 0.3 is 0 Å². The monoisotopic (exact) mass is 333 g/mol. The summed E-state index contributed by atoms with van der Waals surface area (Å²) in [6, 6.07) is 10.0. The molecule has 2 rings (SSSR count). The van der Waals surface area contributed by atoms with Crippen LogP contribution in [-0.2, 0) is 16.1 Å². The molecule has 0 aliphatic carbocycles. The molecule has 0 unspecified atom stereocenters. The first-order valence-electron chi connectivity index (χ1n) is 8.50. The molecule has 1 aromatic rings. The van der Waals surface area contributed by atoms with E-state index in [1.807, 2.05) is 40.1 Å². The third-order valence-corrected chi connectivity index (χ3v) is 4.34. The number of hydrogen-bond donors (Lipinski definition) is 2. The summed E-state index contributed by atoms with van der Waals surface area (Å²) >= 11 is 0. The molecule has 0 radical (unpaired) electrons. The van der Waals surface area contributed by atoms with Gasteiger partial charge in [0, 0.05) is 39.1 Å². The minimum atomic E-state index is -0.0272. The molecule has 0 atom stereocenters. The zero-order valence-electron chi connectivity index (χ0n) is 14.3. The fourth-order valence-corrected chi connectivity index (χ4v) is 3.01. The van der Waals surface area contributed by atoms with Gasteiger partial charge in [0.15, 0.2) is 0 Å². The number of piperidine rings is 1. The van der Waals surface area contributed by atoms with Crippen molar-refractivity contribution in [1.82, 2.24) is 15.1 Å². The maximum Gasteiger partial charge on any atom is 0.234 e. The average molecular weight is 333 g/mol. The van der Waals surface area contributed by atoms with Crippen molar-refractivity contribution in [3.63, 3.8) is 0 Å². The van der Waals surface area contributed by atoms with Crippen LogP contribution in [0.1, 0.15) is 25.3 Å². The summed E-state index contributed by atoms with van der Waals surface area (Å²) in [5, 5.41) is 12.3. The normalized spacial score (nSPS) is 15.5. The Balaban J connectivity index is 1.79. The third kappa shape index (κ3) is 5.94. The first-order valence-corrected chi connectivity index (χ1v) is 8.50. The fraction of sp³-hybridized carbons (Fsp3) is 0.556. The lowest BCUT2D eigenvalue weighted by Gasteiger charge is -2.32. The molecule has 6 nitrogen and oxygen atoms in total. The van der Waals surface area contributed by atoms with Crippen LogP contribution in [0, 0.1) is 0 Å². The molecular formula is C18H27N3O3. The number of carbonyl (C=O) groups excluding carboxylic acids is 2. The predicted molar refractivity (Wildman–Crippen MR) is 92.2 cm³/mol. The van der Waals surface area contributed by atoms with Crippen molar-refractivity contribution in [2.24, 2.45) is 0 Å². The average Bonchev–Trinajstić information content (AvgIpc) is 2.56. The number of nitrogens with one attached hydrogen (secondary N) is 1. The third-order valence-electron chi connectivity index (χ3n) is 4.34. The smallest absolute Gasteiger partial charge is 0.234 e. The molecule has 1 aromatic carbocycles. The van der Waals surface area contributed by atoms with Gasteiger partial charge in [0.2, 0.25) is 11.8 Å². The van der Waals surface area contributed by atoms with E-state index >= 15 is 0 Å². The van der Waals surface area contributed by atoms with Crippen LogP contribution in [0.3, 0.4) is 0 Å². The minimum absolute atomic E-state index is 0.0249. The second-order valence-corrected chi connectivity index (χ2v) is 6.27. The molecule has 6 heteroatoms. The molecule has 132 valence electrons. The second-order valence-electron chi connectivity index (χ2n) is 6.27. The van der Waals surface area contributed by atoms with Crippen molar-refractivity contribution < 1.29 is 14.7 Å². The SMILES string of the molecule is CC(=O)N1CCC(NC(=O)CN(CCO)Cc2ccccc2)CC1. The largest absolute Gasteiger partial charge is 0.395 e. The predicted octanol–water partition coefficient (Wildman–Crippen LogP) is 0.608. The van der Waals surface area contributed by atoms with Crippen LogP contribution in [-0.4, -0.2) is 65.5 Å². The zero-order chi connectivity index (χ0) is 17.4. The van der Waals surface area contributed by atoms with Crippen LogP contribution < -0.4 is 5.32 Å². The van der Waals surface area contributed by atoms with Gasteiger partial charge in [-0.2, -0.15) is 0 Å². The molecule has 1 aliphatic heterocycles. The van der Waals surface area contributed by atoms with Crippen molar-refractivity contribution in [2.45, 2.75) is 32.4 Å². The summed E-state index contributed by atoms with van der Waals surface area (Å²) in [6.45, 7) is 4.37. The van der Waals surface area contributed by atoms with Crippen molar-refractivity contribution in [3.05, 3.63) is 35.9 Å². The standard InChI is InChI=1S/C18H27N3O3/c1-15(23)21-9-7-17(8-10-21)19-18(24)14-20(11-12-22)13-16-5-3-2-4-6-16/h2-6,17,22H,7-14H2,1H3,(H,19,24). The van der Waals surface area contributed by atoms with E-state index in [0.29, 0.717) is 26.2 Å². The zero-order valence-corrected chi connectivity index (χ0v) is 14.3. The number of amides is 2. The maximum atomic E-state index is 12.3. The lowest BCUT2D eigenvalue weighted by Crippen LogP contribution is -2.48. The molecule has 1 aliphatic rings. The van der Waals surface area contributed by atoms with Gasteiger partial charge in [0.1, 0.15) is 0 Å². The topological polar surface area (TPSA) is 72.9 Å². The number of benzene rings is 1. The number of carbonyl (C=O) groups is 2. The van der Waals surface area contributed by atoms with Crippen LogP contribution in [0.15, 0.2) is 30.3 Å². The van der Waals surface area contributed by atoms with Gasteiger partial charge in [0.25, 0.3) is 0 Å². The van der Waals surface area contributed by atoms with E-state index in [-0.39, 0.29) is 31.0 Å². The summed E-state index contributed by atoms with van der Waals surface area (Å²) in [5.74, 6) is 0.0671. The van der Waals surface area contributed by atoms with Crippen LogP contribution >= 0.6 is 0 Å². The van der Waals surface area contributed by atoms with Crippen LogP contribution in [0.2, 0.25) is 0 Å². The van der Waals surface area contributed by atoms with Crippen molar-refractivity contribution in [2.75, 3.05) is 32.8 Å². The van der Waals surface area contributed by atoms with E-state index in [2.05, 4.69) is 5.32 Å². The van der Waals surface area contributed by atoms with Gasteiger partial charge < -0.3 is 15.3 Å². The van der Waals surface area contributed by atoms with Crippen LogP contribution in [0.4, 0.5) is 0 Å². The lowest BCUT2D eigenvalue weighted by atomic mass is 10.1. The number of rotatable bonds is 7. The summed E-state index contributed by atoms with van der Waals surface area (Å²) < 4.78 is 0. The highest BCUT2D eigenvalue weighted by atomic mass is 16.3. The fourth-order valence-electron chi connectivity index (χ4n) is 3.01. The minimum Gasteiger partial charge on any atom is -0.395 e. The molecular weight excluding hydrogens is 306 g/mol. The molecule has 0 aromatic heterocycles. The van der Waals surface area contributed by atoms with E-state index in [0.717, 1.165) is 18.4 Å². The number of likely N-dealkylation sites (tertiary alicyclic amines) is 1. The van der Waals surface area contributed by atoms with Crippen molar-refractivity contribution in [3.8, 4) is 0 Å². The molecule has 24 heavy (non-hydrogen) atoms. The number of aliphatic hydroxyl groups is 1. The van der Waals surface area contributed by atoms with Gasteiger partial charge in [-0.25, -0.2) is 0 Å². The van der Waals surface area contributed by atoms with E-state index in [1.54, 1.807) is 6.92 Å². The number of hydrogen-bond acceptors (Lipinski definition) is 4. The molecule has 1 saturated heterocycles. The van der Waals surface area contributed by atoms with E-state index in [9.17, 15) is 14.7 Å². The Kier molecular flexibility index (Phi) is 7.21. The molecule has 2 N–H and O–H groups in total. The van der Waals surface area contributed by atoms with Gasteiger partial charge in [-0.1, -0.05) is 30.3 Å². The first-order chi connectivity index (χ1) is 11.6. The Morgan fingerprint density at radius 2 is 1.92 bits per heavy atom. The van der Waals surface area contributed by atoms with Gasteiger partial charge in [0.05, 0.1) is 13.2 Å². The second kappa shape index (κ2) is 9.39. The van der Waals surface area contributed by atoms with Crippen LogP contribution in [0.5, 0.6) is 0 Å². The Bertz CT molecular complexity index is 528. The summed E-state index contributed by atoms with van der Waals surface area (Å²) in [6.07, 6.45) is 1.59. The number of aliphatic hydroxyl groups excluding tert-OH is 1. The molecule has 0 bridgehead atoms. The maximum absolute atomic E-state index is 12.3. The summed E-state index contributed by atoms with van der Waals surface area (Å²) in [4.78, 5) is 27.4. The lowest BCUT2D eigenvalue weighted by molar-refractivity contribution is -0.130. The van der Waals surface area contributed by atoms with Gasteiger partial charge in [-0.3, -0.25) is 14.5 Å². The quantitative estimate of drug-likeness (QED) is 0.767. The van der Waals surface area contributed by atoms with Crippen molar-refractivity contribution >= 4 is 11.8 Å². The summed E-state index contributed by atoms with van der Waals surface area (Å²) in [7, 11) is 0. The van der Waals surface area contributed by atoms with Gasteiger partial charge in [-0.15, -0.1) is 0 Å². The van der Waals surface area contributed by atoms with Gasteiger partial charge in [-0.05, 0) is 18.4 Å².